The van der Waals surface area contributed by atoms with Crippen LogP contribution in [0.5, 0.6) is 0 Å². The molecular weight excluding hydrogens is 148 g/mol. The van der Waals surface area contributed by atoms with Gasteiger partial charge in [-0.3, -0.25) is 0 Å². The molecule has 0 unspecified atom stereocenters. The molecule has 0 spiro atoms. The third-order valence-electron chi connectivity index (χ3n) is 2.37. The molecule has 0 amide bonds. The fraction of sp³-hybridized carbons (Fsp3) is 1.00. The number of rotatable bonds is 6. The van der Waals surface area contributed by atoms with E-state index >= 15 is 0 Å². The lowest BCUT2D eigenvalue weighted by Gasteiger charge is -2.31. The Morgan fingerprint density at radius 2 is 1.67 bits per heavy atom. The largest absolute Gasteiger partial charge is 0.330 e. The Morgan fingerprint density at radius 1 is 1.17 bits per heavy atom. The van der Waals surface area contributed by atoms with Crippen LogP contribution in [0.3, 0.4) is 0 Å². The van der Waals surface area contributed by atoms with Gasteiger partial charge in [0.25, 0.3) is 0 Å². The van der Waals surface area contributed by atoms with E-state index in [-0.39, 0.29) is 0 Å². The van der Waals surface area contributed by atoms with Crippen molar-refractivity contribution in [1.82, 2.24) is 4.90 Å². The molecule has 0 aliphatic rings. The molecule has 0 rings (SSSR count). The smallest absolute Gasteiger partial charge is 0.00329 e. The Hall–Kier alpha value is -0.0800. The summed E-state index contributed by atoms with van der Waals surface area (Å²) in [6, 6.07) is 0. The van der Waals surface area contributed by atoms with Crippen LogP contribution in [-0.2, 0) is 0 Å². The highest BCUT2D eigenvalue weighted by molar-refractivity contribution is 4.73. The maximum Gasteiger partial charge on any atom is 0.00329 e. The first-order valence-electron chi connectivity index (χ1n) is 4.98. The molecule has 0 saturated carbocycles. The third-order valence-corrected chi connectivity index (χ3v) is 2.37. The highest BCUT2D eigenvalue weighted by atomic mass is 15.1. The van der Waals surface area contributed by atoms with Crippen LogP contribution in [0.4, 0.5) is 0 Å². The first-order valence-corrected chi connectivity index (χ1v) is 4.98. The van der Waals surface area contributed by atoms with Crippen LogP contribution in [0.2, 0.25) is 0 Å². The predicted molar refractivity (Wildman–Crippen MR) is 55.2 cm³/mol. The Morgan fingerprint density at radius 3 is 2.00 bits per heavy atom. The van der Waals surface area contributed by atoms with Crippen molar-refractivity contribution < 1.29 is 0 Å². The zero-order chi connectivity index (χ0) is 9.61. The second-order valence-electron chi connectivity index (χ2n) is 4.16. The van der Waals surface area contributed by atoms with Crippen LogP contribution >= 0.6 is 0 Å². The Labute approximate surface area is 77.1 Å². The lowest BCUT2D eigenvalue weighted by atomic mass is 9.89. The molecule has 0 aromatic heterocycles. The van der Waals surface area contributed by atoms with Gasteiger partial charge in [0.15, 0.2) is 0 Å². The summed E-state index contributed by atoms with van der Waals surface area (Å²) in [4.78, 5) is 2.45. The molecule has 0 aromatic carbocycles. The van der Waals surface area contributed by atoms with Gasteiger partial charge in [0.05, 0.1) is 0 Å². The van der Waals surface area contributed by atoms with Crippen molar-refractivity contribution in [1.29, 1.82) is 0 Å². The van der Waals surface area contributed by atoms with E-state index in [0.29, 0.717) is 5.41 Å². The van der Waals surface area contributed by atoms with E-state index in [2.05, 4.69) is 32.6 Å². The van der Waals surface area contributed by atoms with Crippen LogP contribution in [0.15, 0.2) is 0 Å². The zero-order valence-corrected chi connectivity index (χ0v) is 9.06. The molecule has 0 aromatic rings. The second-order valence-corrected chi connectivity index (χ2v) is 4.16. The number of nitrogens with zero attached hydrogens (tertiary/aromatic N) is 1. The highest BCUT2D eigenvalue weighted by Gasteiger charge is 2.18. The van der Waals surface area contributed by atoms with Gasteiger partial charge in [0.1, 0.15) is 0 Å². The van der Waals surface area contributed by atoms with E-state index in [1.54, 1.807) is 0 Å². The van der Waals surface area contributed by atoms with Crippen LogP contribution in [0.25, 0.3) is 0 Å². The fourth-order valence-electron chi connectivity index (χ4n) is 1.52. The molecule has 0 aliphatic carbocycles. The molecule has 0 heterocycles. The minimum absolute atomic E-state index is 0.376. The SMILES string of the molecule is CCN(CC)CC(C)(C)CCN. The second kappa shape index (κ2) is 5.55. The fourth-order valence-corrected chi connectivity index (χ4v) is 1.52. The highest BCUT2D eigenvalue weighted by Crippen LogP contribution is 2.20. The number of hydrogen-bond donors (Lipinski definition) is 1. The van der Waals surface area contributed by atoms with E-state index in [0.717, 1.165) is 32.6 Å². The third kappa shape index (κ3) is 4.73. The maximum atomic E-state index is 5.55. The van der Waals surface area contributed by atoms with E-state index in [1.165, 1.54) is 0 Å². The van der Waals surface area contributed by atoms with Crippen molar-refractivity contribution in [2.75, 3.05) is 26.2 Å². The number of hydrogen-bond acceptors (Lipinski definition) is 2. The molecule has 0 fully saturated rings. The zero-order valence-electron chi connectivity index (χ0n) is 9.06. The molecular formula is C10H24N2. The Balaban J connectivity index is 3.84. The molecule has 2 heteroatoms. The summed E-state index contributed by atoms with van der Waals surface area (Å²) in [5.74, 6) is 0. The van der Waals surface area contributed by atoms with Crippen LogP contribution < -0.4 is 5.73 Å². The van der Waals surface area contributed by atoms with Crippen LogP contribution in [0.1, 0.15) is 34.1 Å². The Kier molecular flexibility index (Phi) is 5.51. The van der Waals surface area contributed by atoms with Gasteiger partial charge in [0.2, 0.25) is 0 Å². The van der Waals surface area contributed by atoms with Crippen molar-refractivity contribution in [2.24, 2.45) is 11.1 Å². The normalized spacial score (nSPS) is 12.5. The molecule has 2 nitrogen and oxygen atoms in total. The van der Waals surface area contributed by atoms with Crippen molar-refractivity contribution in [3.8, 4) is 0 Å². The molecule has 2 N–H and O–H groups in total. The van der Waals surface area contributed by atoms with Gasteiger partial charge < -0.3 is 10.6 Å². The average molecular weight is 172 g/mol. The predicted octanol–water partition coefficient (Wildman–Crippen LogP) is 1.70. The first kappa shape index (κ1) is 11.9. The van der Waals surface area contributed by atoms with Crippen molar-refractivity contribution >= 4 is 0 Å². The lowest BCUT2D eigenvalue weighted by molar-refractivity contribution is 0.184. The monoisotopic (exact) mass is 172 g/mol. The summed E-state index contributed by atoms with van der Waals surface area (Å²) >= 11 is 0. The molecule has 0 saturated heterocycles. The molecule has 0 aliphatic heterocycles. The molecule has 12 heavy (non-hydrogen) atoms. The van der Waals surface area contributed by atoms with E-state index in [4.69, 9.17) is 5.73 Å². The van der Waals surface area contributed by atoms with Gasteiger partial charge in [0, 0.05) is 6.54 Å². The van der Waals surface area contributed by atoms with Gasteiger partial charge >= 0.3 is 0 Å². The summed E-state index contributed by atoms with van der Waals surface area (Å²) in [7, 11) is 0. The minimum atomic E-state index is 0.376. The molecule has 0 radical (unpaired) electrons. The van der Waals surface area contributed by atoms with Gasteiger partial charge in [-0.1, -0.05) is 27.7 Å². The Bertz CT molecular complexity index is 106. The van der Waals surface area contributed by atoms with Crippen LogP contribution in [0, 0.1) is 5.41 Å². The van der Waals surface area contributed by atoms with Crippen molar-refractivity contribution in [3.63, 3.8) is 0 Å². The quantitative estimate of drug-likeness (QED) is 0.661. The summed E-state index contributed by atoms with van der Waals surface area (Å²) < 4.78 is 0. The van der Waals surface area contributed by atoms with Gasteiger partial charge in [-0.2, -0.15) is 0 Å². The lowest BCUT2D eigenvalue weighted by Crippen LogP contribution is -2.35. The maximum absolute atomic E-state index is 5.55. The summed E-state index contributed by atoms with van der Waals surface area (Å²) in [5.41, 5.74) is 5.93. The average Bonchev–Trinajstić information content (AvgIpc) is 2.00. The standard InChI is InChI=1S/C10H24N2/c1-5-12(6-2)9-10(3,4)7-8-11/h5-9,11H2,1-4H3. The molecule has 0 bridgehead atoms. The van der Waals surface area contributed by atoms with Crippen molar-refractivity contribution in [2.45, 2.75) is 34.1 Å². The van der Waals surface area contributed by atoms with Crippen LogP contribution in [-0.4, -0.2) is 31.1 Å². The van der Waals surface area contributed by atoms with E-state index < -0.39 is 0 Å². The minimum Gasteiger partial charge on any atom is -0.330 e. The van der Waals surface area contributed by atoms with Crippen molar-refractivity contribution in [3.05, 3.63) is 0 Å². The van der Waals surface area contributed by atoms with Gasteiger partial charge in [-0.25, -0.2) is 0 Å². The summed E-state index contributed by atoms with van der Waals surface area (Å²) in [6.07, 6.45) is 1.11. The van der Waals surface area contributed by atoms with E-state index in [1.807, 2.05) is 0 Å². The number of nitrogens with two attached hydrogens (primary N) is 1. The molecule has 74 valence electrons. The summed E-state index contributed by atoms with van der Waals surface area (Å²) in [6.45, 7) is 13.3. The van der Waals surface area contributed by atoms with Gasteiger partial charge in [-0.05, 0) is 31.5 Å². The first-order chi connectivity index (χ1) is 5.55. The van der Waals surface area contributed by atoms with Gasteiger partial charge in [-0.15, -0.1) is 0 Å². The molecule has 0 atom stereocenters. The topological polar surface area (TPSA) is 29.3 Å². The van der Waals surface area contributed by atoms with E-state index in [9.17, 15) is 0 Å². The summed E-state index contributed by atoms with van der Waals surface area (Å²) in [5, 5.41) is 0.